The summed E-state index contributed by atoms with van der Waals surface area (Å²) in [5, 5.41) is 1.97. The van der Waals surface area contributed by atoms with E-state index in [1.54, 1.807) is 0 Å². The van der Waals surface area contributed by atoms with E-state index in [0.29, 0.717) is 5.71 Å². The predicted octanol–water partition coefficient (Wildman–Crippen LogP) is 20.2. The molecule has 0 saturated carbocycles. The van der Waals surface area contributed by atoms with Gasteiger partial charge in [-0.15, -0.1) is 0 Å². The van der Waals surface area contributed by atoms with Gasteiger partial charge in [-0.25, -0.2) is 4.98 Å². The lowest BCUT2D eigenvalue weighted by Crippen LogP contribution is -2.29. The lowest BCUT2D eigenvalue weighted by molar-refractivity contribution is 0.590. The molecule has 0 spiro atoms. The minimum atomic E-state index is -0.809. The fourth-order valence-electron chi connectivity index (χ4n) is 12.0. The topological polar surface area (TPSA) is 32.5 Å². The molecule has 1 aliphatic carbocycles. The van der Waals surface area contributed by atoms with Gasteiger partial charge in [0, 0.05) is 40.2 Å². The Morgan fingerprint density at radius 2 is 0.808 bits per heavy atom. The smallest absolute Gasteiger partial charge is 0.227 e. The molecule has 0 amide bonds. The van der Waals surface area contributed by atoms with Crippen LogP contribution in [0.1, 0.15) is 74.9 Å². The first-order chi connectivity index (χ1) is 37.9. The largest absolute Gasteiger partial charge is 0.437 e. The number of hydrogen-bond donors (Lipinski definition) is 0. The van der Waals surface area contributed by atoms with E-state index < -0.39 is 5.41 Å². The van der Waals surface area contributed by atoms with Gasteiger partial charge in [0.1, 0.15) is 5.58 Å². The van der Waals surface area contributed by atoms with Crippen LogP contribution in [0.25, 0.3) is 55.4 Å². The molecule has 0 unspecified atom stereocenters. The summed E-state index contributed by atoms with van der Waals surface area (Å²) in [6, 6.07) is 93.5. The highest BCUT2D eigenvalue weighted by Gasteiger charge is 2.49. The Hall–Kier alpha value is -9.25. The number of rotatable bonds is 10. The molecule has 0 aliphatic heterocycles. The first-order valence-corrected chi connectivity index (χ1v) is 27.2. The van der Waals surface area contributed by atoms with Gasteiger partial charge >= 0.3 is 0 Å². The lowest BCUT2D eigenvalue weighted by atomic mass is 9.67. The van der Waals surface area contributed by atoms with Gasteiger partial charge in [0.05, 0.1) is 21.9 Å². The number of furan rings is 1. The summed E-state index contributed by atoms with van der Waals surface area (Å²) >= 11 is 0. The summed E-state index contributed by atoms with van der Waals surface area (Å²) in [5.41, 5.74) is 20.9. The Bertz CT molecular complexity index is 4060. The maximum absolute atomic E-state index is 7.27. The second-order valence-electron chi connectivity index (χ2n) is 22.8. The fourth-order valence-corrected chi connectivity index (χ4v) is 12.0. The molecule has 10 aromatic carbocycles. The van der Waals surface area contributed by atoms with E-state index in [2.05, 4.69) is 300 Å². The average molecular weight is 1010 g/mol. The average Bonchev–Trinajstić information content (AvgIpc) is 4.16. The number of fused-ring (bicyclic) bond motifs is 7. The Balaban J connectivity index is 1.10. The minimum Gasteiger partial charge on any atom is -0.437 e. The van der Waals surface area contributed by atoms with E-state index in [1.807, 2.05) is 12.3 Å². The van der Waals surface area contributed by atoms with Crippen LogP contribution in [0.4, 0.5) is 34.1 Å². The van der Waals surface area contributed by atoms with E-state index in [0.717, 1.165) is 83.9 Å². The summed E-state index contributed by atoms with van der Waals surface area (Å²) in [7, 11) is 0. The molecule has 378 valence electrons. The number of pyridine rings is 1. The number of aromatic nitrogens is 1. The van der Waals surface area contributed by atoms with Crippen molar-refractivity contribution in [3.8, 4) is 33.4 Å². The fraction of sp³-hybridized carbons (Fsp3) is 0.122. The van der Waals surface area contributed by atoms with Gasteiger partial charge in [0.2, 0.25) is 5.71 Å². The molecule has 1 aliphatic rings. The molecule has 0 bridgehead atoms. The van der Waals surface area contributed by atoms with Crippen LogP contribution >= 0.6 is 0 Å². The summed E-state index contributed by atoms with van der Waals surface area (Å²) < 4.78 is 7.27. The van der Waals surface area contributed by atoms with Crippen LogP contribution in [0.5, 0.6) is 0 Å². The maximum atomic E-state index is 7.27. The summed E-state index contributed by atoms with van der Waals surface area (Å²) in [5.74, 6) is 0. The number of anilines is 6. The lowest BCUT2D eigenvalue weighted by Gasteiger charge is -2.36. The summed E-state index contributed by atoms with van der Waals surface area (Å²) in [6.45, 7) is 13.6. The van der Waals surface area contributed by atoms with Crippen LogP contribution in [-0.2, 0) is 16.2 Å². The second kappa shape index (κ2) is 19.1. The van der Waals surface area contributed by atoms with Crippen LogP contribution in [0.15, 0.2) is 265 Å². The zero-order chi connectivity index (χ0) is 53.2. The monoisotopic (exact) mass is 1010 g/mol. The Morgan fingerprint density at radius 3 is 1.28 bits per heavy atom. The van der Waals surface area contributed by atoms with Crippen molar-refractivity contribution in [2.75, 3.05) is 9.80 Å². The normalized spacial score (nSPS) is 12.8. The molecule has 2 aromatic heterocycles. The van der Waals surface area contributed by atoms with Crippen LogP contribution in [0, 0.1) is 0 Å². The molecular formula is C74H61N3O. The highest BCUT2D eigenvalue weighted by Crippen LogP contribution is 2.62. The van der Waals surface area contributed by atoms with E-state index in [1.165, 1.54) is 33.4 Å². The van der Waals surface area contributed by atoms with Crippen LogP contribution < -0.4 is 9.80 Å². The molecular weight excluding hydrogens is 947 g/mol. The molecule has 0 atom stereocenters. The zero-order valence-electron chi connectivity index (χ0n) is 45.1. The molecule has 4 heteroatoms. The molecule has 2 heterocycles. The zero-order valence-corrected chi connectivity index (χ0v) is 45.1. The number of nitrogens with zero attached hydrogens (tertiary/aromatic N) is 3. The highest BCUT2D eigenvalue weighted by molar-refractivity contribution is 6.19. The van der Waals surface area contributed by atoms with Gasteiger partial charge in [-0.05, 0) is 151 Å². The highest BCUT2D eigenvalue weighted by atomic mass is 16.3. The van der Waals surface area contributed by atoms with Crippen LogP contribution in [0.2, 0.25) is 0 Å². The summed E-state index contributed by atoms with van der Waals surface area (Å²) in [4.78, 5) is 9.79. The van der Waals surface area contributed by atoms with Crippen molar-refractivity contribution in [1.82, 2.24) is 4.98 Å². The van der Waals surface area contributed by atoms with E-state index >= 15 is 0 Å². The van der Waals surface area contributed by atoms with E-state index in [4.69, 9.17) is 9.40 Å². The van der Waals surface area contributed by atoms with Crippen molar-refractivity contribution in [2.45, 2.75) is 57.8 Å². The minimum absolute atomic E-state index is 0.00155. The predicted molar refractivity (Wildman–Crippen MR) is 326 cm³/mol. The Kier molecular flexibility index (Phi) is 11.8. The van der Waals surface area contributed by atoms with E-state index in [-0.39, 0.29) is 10.8 Å². The van der Waals surface area contributed by atoms with E-state index in [9.17, 15) is 0 Å². The first-order valence-electron chi connectivity index (χ1n) is 27.2. The molecule has 0 radical (unpaired) electrons. The van der Waals surface area contributed by atoms with Gasteiger partial charge < -0.3 is 14.2 Å². The van der Waals surface area contributed by atoms with Crippen molar-refractivity contribution < 1.29 is 4.42 Å². The molecule has 12 aromatic rings. The van der Waals surface area contributed by atoms with Crippen molar-refractivity contribution >= 4 is 56.2 Å². The van der Waals surface area contributed by atoms with Gasteiger partial charge in [-0.3, -0.25) is 0 Å². The SMILES string of the molecule is CC(C)(C)c1ccc(N(c2ccc(-c3ccccc3)cc2)c2ccc3c(c2)C(c2ccccc2)(c2ccccc2)c2cc(N(c4ccc(-c5ccccc5)cc4)c4ccc(C(C)(C)C)cc4)c4c(oc5ncccc54)c2-3)cc1. The maximum Gasteiger partial charge on any atom is 0.227 e. The van der Waals surface area contributed by atoms with Crippen molar-refractivity contribution in [3.05, 3.63) is 294 Å². The molecule has 0 N–H and O–H groups in total. The molecule has 0 saturated heterocycles. The molecule has 78 heavy (non-hydrogen) atoms. The van der Waals surface area contributed by atoms with Gasteiger partial charge in [0.15, 0.2) is 0 Å². The number of hydrogen-bond acceptors (Lipinski definition) is 4. The number of benzene rings is 10. The molecule has 4 nitrogen and oxygen atoms in total. The third kappa shape index (κ3) is 8.27. The quantitative estimate of drug-likeness (QED) is 0.137. The van der Waals surface area contributed by atoms with Gasteiger partial charge in [0.25, 0.3) is 0 Å². The van der Waals surface area contributed by atoms with Gasteiger partial charge in [-0.2, -0.15) is 0 Å². The van der Waals surface area contributed by atoms with Crippen molar-refractivity contribution in [3.63, 3.8) is 0 Å². The van der Waals surface area contributed by atoms with Crippen molar-refractivity contribution in [1.29, 1.82) is 0 Å². The second-order valence-corrected chi connectivity index (χ2v) is 22.8. The Morgan fingerprint density at radius 1 is 0.385 bits per heavy atom. The standard InChI is InChI=1S/C74H61N3O/c1-72(2,3)54-33-41-59(42-34-54)76(58-37-29-52(30-38-58)50-20-11-7-12-21-50)62-45-46-63-65(48-62)74(56-24-15-9-16-25-56,57-26-17-10-18-27-57)66-49-67(69-64-28-19-47-75-71(64)78-70(69)68(63)66)77(61-43-35-55(36-44-61)73(4,5)6)60-39-31-53(32-40-60)51-22-13-8-14-23-51/h7-49H,1-6H3. The third-order valence-electron chi connectivity index (χ3n) is 15.9. The molecule has 13 rings (SSSR count). The first kappa shape index (κ1) is 48.4. The molecule has 0 fully saturated rings. The van der Waals surface area contributed by atoms with Gasteiger partial charge in [-0.1, -0.05) is 217 Å². The third-order valence-corrected chi connectivity index (χ3v) is 15.9. The Labute approximate surface area is 458 Å². The summed E-state index contributed by atoms with van der Waals surface area (Å²) in [6.07, 6.45) is 1.84. The van der Waals surface area contributed by atoms with Crippen LogP contribution in [-0.4, -0.2) is 4.98 Å². The van der Waals surface area contributed by atoms with Crippen LogP contribution in [0.3, 0.4) is 0 Å². The van der Waals surface area contributed by atoms with Crippen molar-refractivity contribution in [2.24, 2.45) is 0 Å².